The summed E-state index contributed by atoms with van der Waals surface area (Å²) in [6.45, 7) is 4.33. The van der Waals surface area contributed by atoms with Crippen molar-refractivity contribution in [3.05, 3.63) is 52.8 Å². The van der Waals surface area contributed by atoms with Crippen molar-refractivity contribution in [2.75, 3.05) is 38.1 Å². The Kier molecular flexibility index (Phi) is 6.83. The molecule has 0 radical (unpaired) electrons. The van der Waals surface area contributed by atoms with Gasteiger partial charge in [0.2, 0.25) is 0 Å². The third kappa shape index (κ3) is 4.49. The van der Waals surface area contributed by atoms with Gasteiger partial charge >= 0.3 is 0 Å². The van der Waals surface area contributed by atoms with Crippen molar-refractivity contribution < 1.29 is 0 Å². The predicted molar refractivity (Wildman–Crippen MR) is 124 cm³/mol. The summed E-state index contributed by atoms with van der Waals surface area (Å²) in [6, 6.07) is 8.02. The van der Waals surface area contributed by atoms with E-state index in [0.29, 0.717) is 6.54 Å². The highest BCUT2D eigenvalue weighted by Crippen LogP contribution is 2.26. The molecule has 0 bridgehead atoms. The van der Waals surface area contributed by atoms with Crippen LogP contribution in [0, 0.1) is 0 Å². The van der Waals surface area contributed by atoms with E-state index in [-0.39, 0.29) is 24.0 Å². The van der Waals surface area contributed by atoms with Gasteiger partial charge in [-0.05, 0) is 12.1 Å². The molecule has 0 aliphatic carbocycles. The summed E-state index contributed by atoms with van der Waals surface area (Å²) in [5.74, 6) is 0.917. The number of piperazine rings is 1. The number of hydrogen-bond acceptors (Lipinski definition) is 4. The van der Waals surface area contributed by atoms with Crippen molar-refractivity contribution in [3.63, 3.8) is 0 Å². The van der Waals surface area contributed by atoms with Crippen LogP contribution >= 0.6 is 46.9 Å². The van der Waals surface area contributed by atoms with Gasteiger partial charge in [0.05, 0.1) is 22.9 Å². The third-order valence-electron chi connectivity index (χ3n) is 4.55. The number of anilines is 1. The Morgan fingerprint density at radius 3 is 2.74 bits per heavy atom. The highest BCUT2D eigenvalue weighted by Gasteiger charge is 2.21. The van der Waals surface area contributed by atoms with Crippen LogP contribution in [0.4, 0.5) is 5.69 Å². The molecular weight excluding hydrogens is 495 g/mol. The van der Waals surface area contributed by atoms with E-state index in [0.717, 1.165) is 53.5 Å². The number of aromatic nitrogens is 2. The van der Waals surface area contributed by atoms with Crippen LogP contribution in [-0.2, 0) is 6.54 Å². The zero-order valence-corrected chi connectivity index (χ0v) is 18.9. The Balaban J connectivity index is 0.00000210. The highest BCUT2D eigenvalue weighted by molar-refractivity contribution is 14.0. The predicted octanol–water partition coefficient (Wildman–Crippen LogP) is 3.56. The first-order valence-corrected chi connectivity index (χ1v) is 9.86. The molecule has 1 N–H and O–H groups in total. The van der Waals surface area contributed by atoms with Crippen molar-refractivity contribution in [2.45, 2.75) is 6.54 Å². The van der Waals surface area contributed by atoms with Gasteiger partial charge in [-0.25, -0.2) is 4.98 Å². The second kappa shape index (κ2) is 9.11. The Labute approximate surface area is 184 Å². The zero-order valence-electron chi connectivity index (χ0n) is 15.0. The molecule has 0 amide bonds. The SMILES string of the molecule is CN=C(NCc1cn2ccsc2n1)N1CCN(c2ccccc2Cl)CC1.I. The number of thiazole rings is 1. The second-order valence-corrected chi connectivity index (χ2v) is 7.43. The summed E-state index contributed by atoms with van der Waals surface area (Å²) in [5, 5.41) is 6.28. The fraction of sp³-hybridized carbons (Fsp3) is 0.333. The Bertz CT molecular complexity index is 887. The molecule has 0 unspecified atom stereocenters. The van der Waals surface area contributed by atoms with Crippen LogP contribution in [0.15, 0.2) is 47.0 Å². The van der Waals surface area contributed by atoms with E-state index in [1.54, 1.807) is 11.3 Å². The summed E-state index contributed by atoms with van der Waals surface area (Å²) in [7, 11) is 1.83. The van der Waals surface area contributed by atoms with E-state index in [1.807, 2.05) is 41.2 Å². The van der Waals surface area contributed by atoms with Crippen LogP contribution in [0.1, 0.15) is 5.69 Å². The van der Waals surface area contributed by atoms with Crippen LogP contribution in [0.25, 0.3) is 4.96 Å². The van der Waals surface area contributed by atoms with Gasteiger partial charge in [-0.3, -0.25) is 9.39 Å². The van der Waals surface area contributed by atoms with Crippen LogP contribution in [0.5, 0.6) is 0 Å². The van der Waals surface area contributed by atoms with Crippen LogP contribution in [0.3, 0.4) is 0 Å². The van der Waals surface area contributed by atoms with Gasteiger partial charge < -0.3 is 15.1 Å². The van der Waals surface area contributed by atoms with Crippen LogP contribution in [-0.4, -0.2) is 53.5 Å². The molecule has 1 aromatic carbocycles. The van der Waals surface area contributed by atoms with E-state index in [4.69, 9.17) is 11.6 Å². The summed E-state index contributed by atoms with van der Waals surface area (Å²) < 4.78 is 2.05. The lowest BCUT2D eigenvalue weighted by Gasteiger charge is -2.38. The number of hydrogen-bond donors (Lipinski definition) is 1. The lowest BCUT2D eigenvalue weighted by molar-refractivity contribution is 0.372. The fourth-order valence-corrected chi connectivity index (χ4v) is 4.20. The molecule has 3 aromatic rings. The van der Waals surface area contributed by atoms with Gasteiger partial charge in [-0.2, -0.15) is 0 Å². The third-order valence-corrected chi connectivity index (χ3v) is 5.65. The van der Waals surface area contributed by atoms with Crippen molar-refractivity contribution >= 4 is 63.5 Å². The van der Waals surface area contributed by atoms with E-state index in [2.05, 4.69) is 37.4 Å². The Morgan fingerprint density at radius 2 is 2.04 bits per heavy atom. The number of benzene rings is 1. The molecule has 0 saturated carbocycles. The smallest absolute Gasteiger partial charge is 0.194 e. The maximum Gasteiger partial charge on any atom is 0.194 e. The van der Waals surface area contributed by atoms with E-state index >= 15 is 0 Å². The fourth-order valence-electron chi connectivity index (χ4n) is 3.23. The number of guanidine groups is 1. The molecule has 3 heterocycles. The van der Waals surface area contributed by atoms with E-state index < -0.39 is 0 Å². The lowest BCUT2D eigenvalue weighted by atomic mass is 10.2. The zero-order chi connectivity index (χ0) is 17.9. The minimum atomic E-state index is 0. The second-order valence-electron chi connectivity index (χ2n) is 6.15. The summed E-state index contributed by atoms with van der Waals surface area (Å²) in [4.78, 5) is 14.7. The molecule has 6 nitrogen and oxygen atoms in total. The first kappa shape index (κ1) is 20.2. The molecule has 27 heavy (non-hydrogen) atoms. The van der Waals surface area contributed by atoms with Gasteiger partial charge in [0.1, 0.15) is 0 Å². The first-order chi connectivity index (χ1) is 12.7. The Morgan fingerprint density at radius 1 is 1.26 bits per heavy atom. The van der Waals surface area contributed by atoms with Crippen LogP contribution in [0.2, 0.25) is 5.02 Å². The molecule has 1 aliphatic heterocycles. The minimum Gasteiger partial charge on any atom is -0.367 e. The average molecular weight is 517 g/mol. The van der Waals surface area contributed by atoms with Crippen molar-refractivity contribution in [2.24, 2.45) is 4.99 Å². The molecule has 1 fully saturated rings. The summed E-state index contributed by atoms with van der Waals surface area (Å²) >= 11 is 7.97. The number of nitrogens with one attached hydrogen (secondary N) is 1. The number of nitrogens with zero attached hydrogens (tertiary/aromatic N) is 5. The van der Waals surface area contributed by atoms with Gasteiger partial charge in [0.15, 0.2) is 10.9 Å². The maximum absolute atomic E-state index is 6.33. The molecule has 9 heteroatoms. The van der Waals surface area contributed by atoms with E-state index in [1.165, 1.54) is 0 Å². The molecule has 4 rings (SSSR count). The monoisotopic (exact) mass is 516 g/mol. The van der Waals surface area contributed by atoms with Crippen molar-refractivity contribution in [3.8, 4) is 0 Å². The van der Waals surface area contributed by atoms with Gasteiger partial charge in [0.25, 0.3) is 0 Å². The summed E-state index contributed by atoms with van der Waals surface area (Å²) in [6.07, 6.45) is 4.08. The molecule has 0 atom stereocenters. The molecule has 0 spiro atoms. The standard InChI is InChI=1S/C18H21ClN6S.HI/c1-20-17(21-12-14-13-25-10-11-26-18(25)22-14)24-8-6-23(7-9-24)16-5-3-2-4-15(16)19;/h2-5,10-11,13H,6-9,12H2,1H3,(H,20,21);1H. The number of rotatable bonds is 3. The molecule has 1 aliphatic rings. The molecular formula is C18H22ClIN6S. The molecule has 1 saturated heterocycles. The number of aliphatic imine (C=N–C) groups is 1. The van der Waals surface area contributed by atoms with Crippen molar-refractivity contribution in [1.29, 1.82) is 0 Å². The quantitative estimate of drug-likeness (QED) is 0.329. The lowest BCUT2D eigenvalue weighted by Crippen LogP contribution is -2.52. The number of para-hydroxylation sites is 1. The largest absolute Gasteiger partial charge is 0.367 e. The molecule has 2 aromatic heterocycles. The van der Waals surface area contributed by atoms with Crippen LogP contribution < -0.4 is 10.2 Å². The number of fused-ring (bicyclic) bond motifs is 1. The molecule has 144 valence electrons. The average Bonchev–Trinajstić information content (AvgIpc) is 3.25. The topological polar surface area (TPSA) is 48.2 Å². The minimum absolute atomic E-state index is 0. The van der Waals surface area contributed by atoms with Gasteiger partial charge in [0, 0.05) is 51.0 Å². The van der Waals surface area contributed by atoms with Crippen molar-refractivity contribution in [1.82, 2.24) is 19.6 Å². The number of imidazole rings is 1. The summed E-state index contributed by atoms with van der Waals surface area (Å²) in [5.41, 5.74) is 2.13. The number of halogens is 2. The highest BCUT2D eigenvalue weighted by atomic mass is 127. The van der Waals surface area contributed by atoms with Gasteiger partial charge in [-0.1, -0.05) is 23.7 Å². The Hall–Kier alpha value is -1.52. The first-order valence-electron chi connectivity index (χ1n) is 8.61. The van der Waals surface area contributed by atoms with E-state index in [9.17, 15) is 0 Å². The van der Waals surface area contributed by atoms with Gasteiger partial charge in [-0.15, -0.1) is 35.3 Å². The normalized spacial score (nSPS) is 15.1. The maximum atomic E-state index is 6.33.